The molecule has 60 heavy (non-hydrogen) atoms. The molecule has 6 aromatic rings. The fraction of sp³-hybridized carbons (Fsp3) is 0.184. The largest absolute Gasteiger partial charge is 0.399 e. The van der Waals surface area contributed by atoms with E-state index in [-0.39, 0.29) is 49.8 Å². The number of nitrogens with two attached hydrogens (primary N) is 2. The van der Waals surface area contributed by atoms with Crippen molar-refractivity contribution in [1.82, 2.24) is 0 Å². The summed E-state index contributed by atoms with van der Waals surface area (Å²) in [6.45, 7) is 11.2. The number of hydrogen-bond donors (Lipinski definition) is 2. The second-order valence-corrected chi connectivity index (χ2v) is 18.2. The van der Waals surface area contributed by atoms with Crippen LogP contribution >= 0.6 is 0 Å². The average molecular weight is 817 g/mol. The van der Waals surface area contributed by atoms with Crippen molar-refractivity contribution in [2.24, 2.45) is 0 Å². The highest BCUT2D eigenvalue weighted by Crippen LogP contribution is 2.43. The molecule has 8 rings (SSSR count). The number of nitrogen functional groups attached to an aromatic ring is 2. The summed E-state index contributed by atoms with van der Waals surface area (Å²) in [5, 5.41) is 0. The molecule has 10 nitrogen and oxygen atoms in total. The zero-order valence-electron chi connectivity index (χ0n) is 34.1. The van der Waals surface area contributed by atoms with Gasteiger partial charge in [-0.05, 0) is 136 Å². The van der Waals surface area contributed by atoms with Crippen molar-refractivity contribution in [3.05, 3.63) is 154 Å². The third-order valence-electron chi connectivity index (χ3n) is 11.4. The molecule has 0 atom stereocenters. The quantitative estimate of drug-likeness (QED) is 0.108. The Morgan fingerprint density at radius 3 is 1.27 bits per heavy atom. The molecule has 0 unspecified atom stereocenters. The monoisotopic (exact) mass is 816 g/mol. The lowest BCUT2D eigenvalue weighted by molar-refractivity contribution is 0.0910. The van der Waals surface area contributed by atoms with Crippen LogP contribution in [0.5, 0.6) is 0 Å². The van der Waals surface area contributed by atoms with Crippen LogP contribution in [0, 0.1) is 0 Å². The van der Waals surface area contributed by atoms with E-state index in [1.54, 1.807) is 72.8 Å². The van der Waals surface area contributed by atoms with E-state index in [9.17, 15) is 27.6 Å². The van der Waals surface area contributed by atoms with Gasteiger partial charge in [0.15, 0.2) is 0 Å². The van der Waals surface area contributed by atoms with E-state index in [1.807, 2.05) is 65.8 Å². The van der Waals surface area contributed by atoms with Gasteiger partial charge >= 0.3 is 0 Å². The Hall–Kier alpha value is -6.85. The number of anilines is 4. The maximum Gasteiger partial charge on any atom is 0.266 e. The maximum absolute atomic E-state index is 14.9. The summed E-state index contributed by atoms with van der Waals surface area (Å²) in [6, 6.07) is 32.4. The minimum Gasteiger partial charge on any atom is -0.399 e. The van der Waals surface area contributed by atoms with Crippen molar-refractivity contribution < 1.29 is 27.6 Å². The van der Waals surface area contributed by atoms with Gasteiger partial charge in [-0.25, -0.2) is 18.2 Å². The predicted octanol–water partition coefficient (Wildman–Crippen LogP) is 9.99. The summed E-state index contributed by atoms with van der Waals surface area (Å²) >= 11 is 0. The molecule has 0 spiro atoms. The smallest absolute Gasteiger partial charge is 0.266 e. The Balaban J connectivity index is 1.17. The Labute approximate surface area is 349 Å². The maximum atomic E-state index is 14.9. The summed E-state index contributed by atoms with van der Waals surface area (Å²) in [6.07, 6.45) is 0. The zero-order chi connectivity index (χ0) is 42.9. The lowest BCUT2D eigenvalue weighted by Crippen LogP contribution is -2.31. The van der Waals surface area contributed by atoms with Gasteiger partial charge in [-0.1, -0.05) is 77.9 Å². The van der Waals surface area contributed by atoms with Gasteiger partial charge in [-0.15, -0.1) is 0 Å². The first-order valence-electron chi connectivity index (χ1n) is 19.8. The molecular formula is C49H44N4O6S. The molecule has 0 saturated heterocycles. The summed E-state index contributed by atoms with van der Waals surface area (Å²) < 4.78 is 29.7. The molecule has 2 heterocycles. The van der Waals surface area contributed by atoms with Gasteiger partial charge in [0.1, 0.15) is 0 Å². The van der Waals surface area contributed by atoms with Crippen molar-refractivity contribution in [2.45, 2.75) is 69.1 Å². The van der Waals surface area contributed by atoms with Gasteiger partial charge in [-0.2, -0.15) is 0 Å². The van der Waals surface area contributed by atoms with Gasteiger partial charge in [0.25, 0.3) is 23.6 Å². The van der Waals surface area contributed by atoms with Crippen molar-refractivity contribution in [3.8, 4) is 22.3 Å². The van der Waals surface area contributed by atoms with Crippen LogP contribution in [0.4, 0.5) is 22.7 Å². The first kappa shape index (κ1) is 40.0. The van der Waals surface area contributed by atoms with E-state index < -0.39 is 33.5 Å². The summed E-state index contributed by atoms with van der Waals surface area (Å²) in [5.41, 5.74) is 19.3. The fourth-order valence-corrected chi connectivity index (χ4v) is 9.73. The average Bonchev–Trinajstić information content (AvgIpc) is 3.62. The molecule has 11 heteroatoms. The predicted molar refractivity (Wildman–Crippen MR) is 235 cm³/mol. The fourth-order valence-electron chi connectivity index (χ4n) is 8.06. The number of hydrogen-bond acceptors (Lipinski definition) is 8. The molecule has 6 aromatic carbocycles. The topological polar surface area (TPSA) is 161 Å². The van der Waals surface area contributed by atoms with Gasteiger partial charge in [0.2, 0.25) is 9.84 Å². The molecule has 0 bridgehead atoms. The van der Waals surface area contributed by atoms with Crippen LogP contribution in [-0.2, 0) is 9.84 Å². The third-order valence-corrected chi connectivity index (χ3v) is 13.2. The van der Waals surface area contributed by atoms with Crippen LogP contribution in [0.3, 0.4) is 0 Å². The molecule has 0 radical (unpaired) electrons. The zero-order valence-corrected chi connectivity index (χ0v) is 34.9. The molecule has 0 aromatic heterocycles. The summed E-state index contributed by atoms with van der Waals surface area (Å²) in [7, 11) is -4.24. The molecule has 302 valence electrons. The van der Waals surface area contributed by atoms with E-state index in [4.69, 9.17) is 11.5 Å². The van der Waals surface area contributed by atoms with Crippen molar-refractivity contribution in [3.63, 3.8) is 0 Å². The molecular weight excluding hydrogens is 773 g/mol. The summed E-state index contributed by atoms with van der Waals surface area (Å²) in [4.78, 5) is 58.4. The van der Waals surface area contributed by atoms with Crippen molar-refractivity contribution in [1.29, 1.82) is 0 Å². The van der Waals surface area contributed by atoms with Gasteiger partial charge in [-0.3, -0.25) is 19.2 Å². The number of carbonyl (C=O) groups is 4. The minimum absolute atomic E-state index is 0.0162. The number of sulfone groups is 1. The van der Waals surface area contributed by atoms with E-state index >= 15 is 0 Å². The van der Waals surface area contributed by atoms with E-state index in [2.05, 4.69) is 0 Å². The molecule has 4 N–H and O–H groups in total. The second-order valence-electron chi connectivity index (χ2n) is 16.3. The van der Waals surface area contributed by atoms with Crippen molar-refractivity contribution in [2.75, 3.05) is 21.3 Å². The highest BCUT2D eigenvalue weighted by atomic mass is 32.2. The molecule has 0 fully saturated rings. The number of amides is 4. The molecule has 4 amide bonds. The molecule has 2 aliphatic rings. The Morgan fingerprint density at radius 2 is 0.817 bits per heavy atom. The highest BCUT2D eigenvalue weighted by molar-refractivity contribution is 7.91. The number of nitrogens with zero attached hydrogens (tertiary/aromatic N) is 2. The number of imide groups is 2. The minimum atomic E-state index is -4.24. The third kappa shape index (κ3) is 6.55. The lowest BCUT2D eigenvalue weighted by Gasteiger charge is -2.25. The number of carbonyl (C=O) groups excluding carboxylic acids is 4. The van der Waals surface area contributed by atoms with Crippen molar-refractivity contribution >= 4 is 56.2 Å². The standard InChI is InChI=1S/C49H44N4O6S/c1-26(2)38-23-35(17-20-43(38)52-46(54)36-18-11-31(21-41(36)48(52)56)29-7-13-33(50)14-8-29)60(58,59)45-25-39(27(3)4)44(24-40(45)28(5)6)53-47(55)37-19-12-32(22-42(37)49(53)57)30-9-15-34(51)16-10-30/h7-28H,50-51H2,1-6H3. The van der Waals surface area contributed by atoms with Crippen LogP contribution < -0.4 is 21.3 Å². The normalized spacial score (nSPS) is 13.9. The molecule has 0 saturated carbocycles. The lowest BCUT2D eigenvalue weighted by atomic mass is 9.94. The van der Waals surface area contributed by atoms with Gasteiger partial charge < -0.3 is 11.5 Å². The first-order chi connectivity index (χ1) is 28.5. The Kier molecular flexibility index (Phi) is 9.83. The van der Waals surface area contributed by atoms with E-state index in [1.165, 1.54) is 18.2 Å². The van der Waals surface area contributed by atoms with Crippen LogP contribution in [0.2, 0.25) is 0 Å². The molecule has 0 aliphatic carbocycles. The SMILES string of the molecule is CC(C)c1cc(S(=O)(=O)c2cc(C(C)C)c(N3C(=O)c4ccc(-c5ccc(N)cc5)cc4C3=O)cc2C(C)C)ccc1N1C(=O)c2ccc(-c3ccc(N)cc3)cc2C1=O. The second kappa shape index (κ2) is 14.8. The van der Waals surface area contributed by atoms with Crippen LogP contribution in [0.25, 0.3) is 22.3 Å². The van der Waals surface area contributed by atoms with Crippen LogP contribution in [0.15, 0.2) is 125 Å². The number of benzene rings is 6. The number of fused-ring (bicyclic) bond motifs is 2. The Morgan fingerprint density at radius 1 is 0.417 bits per heavy atom. The van der Waals surface area contributed by atoms with Gasteiger partial charge in [0.05, 0.1) is 43.4 Å². The summed E-state index contributed by atoms with van der Waals surface area (Å²) in [5.74, 6) is -2.87. The van der Waals surface area contributed by atoms with E-state index in [0.29, 0.717) is 39.4 Å². The first-order valence-corrected chi connectivity index (χ1v) is 21.3. The van der Waals surface area contributed by atoms with Gasteiger partial charge in [0, 0.05) is 11.4 Å². The number of rotatable bonds is 9. The van der Waals surface area contributed by atoms with Crippen LogP contribution in [0.1, 0.15) is 117 Å². The van der Waals surface area contributed by atoms with Crippen LogP contribution in [-0.4, -0.2) is 32.0 Å². The Bertz CT molecular complexity index is 2920. The molecule has 2 aliphatic heterocycles. The highest BCUT2D eigenvalue weighted by Gasteiger charge is 2.41. The van der Waals surface area contributed by atoms with E-state index in [0.717, 1.165) is 32.1 Å².